The zero-order valence-electron chi connectivity index (χ0n) is 15.6. The van der Waals surface area contributed by atoms with Crippen LogP contribution in [0.4, 0.5) is 15.8 Å². The fourth-order valence-corrected chi connectivity index (χ4v) is 3.16. The number of nitrogens with zero attached hydrogens (tertiary/aromatic N) is 1. The molecule has 29 heavy (non-hydrogen) atoms. The molecule has 1 aliphatic heterocycles. The Morgan fingerprint density at radius 2 is 1.48 bits per heavy atom. The van der Waals surface area contributed by atoms with Crippen molar-refractivity contribution in [2.45, 2.75) is 0 Å². The van der Waals surface area contributed by atoms with Crippen molar-refractivity contribution in [1.82, 2.24) is 0 Å². The van der Waals surface area contributed by atoms with Crippen molar-refractivity contribution in [2.75, 3.05) is 17.3 Å². The van der Waals surface area contributed by atoms with E-state index >= 15 is 0 Å². The molecule has 3 aromatic rings. The Balaban J connectivity index is 1.77. The summed E-state index contributed by atoms with van der Waals surface area (Å²) in [5.41, 5.74) is 1.98. The van der Waals surface area contributed by atoms with Crippen molar-refractivity contribution in [3.63, 3.8) is 0 Å². The van der Waals surface area contributed by atoms with Gasteiger partial charge in [-0.1, -0.05) is 30.3 Å². The number of rotatable bonds is 5. The van der Waals surface area contributed by atoms with Gasteiger partial charge in [0.2, 0.25) is 0 Å². The maximum Gasteiger partial charge on any atom is 0.282 e. The first kappa shape index (κ1) is 18.4. The molecule has 0 saturated carbocycles. The lowest BCUT2D eigenvalue weighted by atomic mass is 10.0. The molecule has 0 fully saturated rings. The van der Waals surface area contributed by atoms with Crippen LogP contribution in [0.2, 0.25) is 0 Å². The molecule has 1 heterocycles. The number of hydrogen-bond donors (Lipinski definition) is 1. The fourth-order valence-electron chi connectivity index (χ4n) is 3.16. The van der Waals surface area contributed by atoms with Crippen LogP contribution in [0.15, 0.2) is 84.6 Å². The van der Waals surface area contributed by atoms with E-state index in [0.717, 1.165) is 4.90 Å². The number of carbonyl (C=O) groups is 2. The van der Waals surface area contributed by atoms with Crippen LogP contribution in [0.25, 0.3) is 5.57 Å². The van der Waals surface area contributed by atoms with Gasteiger partial charge in [-0.15, -0.1) is 0 Å². The van der Waals surface area contributed by atoms with Crippen molar-refractivity contribution in [2.24, 2.45) is 0 Å². The Labute approximate surface area is 167 Å². The first-order valence-electron chi connectivity index (χ1n) is 8.93. The first-order chi connectivity index (χ1) is 14.1. The Morgan fingerprint density at radius 1 is 0.828 bits per heavy atom. The van der Waals surface area contributed by atoms with Gasteiger partial charge in [0.1, 0.15) is 17.3 Å². The van der Waals surface area contributed by atoms with Gasteiger partial charge in [0, 0.05) is 5.69 Å². The van der Waals surface area contributed by atoms with E-state index in [9.17, 15) is 14.0 Å². The van der Waals surface area contributed by atoms with Crippen molar-refractivity contribution >= 4 is 28.8 Å². The predicted octanol–water partition coefficient (Wildman–Crippen LogP) is 4.23. The van der Waals surface area contributed by atoms with Crippen LogP contribution in [0.1, 0.15) is 5.56 Å². The number of ether oxygens (including phenoxy) is 1. The maximum atomic E-state index is 13.3. The molecule has 6 heteroatoms. The predicted molar refractivity (Wildman–Crippen MR) is 109 cm³/mol. The summed E-state index contributed by atoms with van der Waals surface area (Å²) in [7, 11) is 1.57. The molecule has 0 saturated heterocycles. The van der Waals surface area contributed by atoms with Gasteiger partial charge in [-0.05, 0) is 54.1 Å². The second kappa shape index (κ2) is 7.59. The lowest BCUT2D eigenvalue weighted by molar-refractivity contribution is -0.120. The van der Waals surface area contributed by atoms with Crippen molar-refractivity contribution in [3.05, 3.63) is 95.9 Å². The van der Waals surface area contributed by atoms with E-state index in [1.165, 1.54) is 24.3 Å². The molecule has 144 valence electrons. The zero-order chi connectivity index (χ0) is 20.4. The summed E-state index contributed by atoms with van der Waals surface area (Å²) in [5.74, 6) is -0.740. The number of nitrogens with one attached hydrogen (secondary N) is 1. The van der Waals surface area contributed by atoms with Gasteiger partial charge in [-0.25, -0.2) is 9.29 Å². The second-order valence-corrected chi connectivity index (χ2v) is 6.39. The van der Waals surface area contributed by atoms with Gasteiger partial charge >= 0.3 is 0 Å². The third kappa shape index (κ3) is 3.48. The van der Waals surface area contributed by atoms with Crippen molar-refractivity contribution in [1.29, 1.82) is 0 Å². The standard InChI is InChI=1S/C23H17FN2O3/c1-29-19-13-9-17(10-14-19)25-21-20(15-5-3-2-4-6-15)22(27)26(23(21)28)18-11-7-16(24)8-12-18/h2-14,25H,1H3. The molecule has 4 rings (SSSR count). The Kier molecular flexibility index (Phi) is 4.83. The summed E-state index contributed by atoms with van der Waals surface area (Å²) in [6, 6.07) is 21.2. The third-order valence-electron chi connectivity index (χ3n) is 4.59. The number of halogens is 1. The summed E-state index contributed by atoms with van der Waals surface area (Å²) in [6.45, 7) is 0. The van der Waals surface area contributed by atoms with Crippen molar-refractivity contribution in [3.8, 4) is 5.75 Å². The van der Waals surface area contributed by atoms with Crippen LogP contribution in [0.5, 0.6) is 5.75 Å². The topological polar surface area (TPSA) is 58.6 Å². The molecule has 1 aliphatic rings. The molecular formula is C23H17FN2O3. The number of hydrogen-bond acceptors (Lipinski definition) is 4. The monoisotopic (exact) mass is 388 g/mol. The van der Waals surface area contributed by atoms with Crippen LogP contribution in [-0.4, -0.2) is 18.9 Å². The molecule has 5 nitrogen and oxygen atoms in total. The Hall–Kier alpha value is -3.93. The maximum absolute atomic E-state index is 13.3. The molecule has 0 unspecified atom stereocenters. The SMILES string of the molecule is COc1ccc(NC2=C(c3ccccc3)C(=O)N(c3ccc(F)cc3)C2=O)cc1. The van der Waals surface area contributed by atoms with E-state index in [1.807, 2.05) is 6.07 Å². The van der Waals surface area contributed by atoms with Crippen LogP contribution in [0.3, 0.4) is 0 Å². The van der Waals surface area contributed by atoms with Gasteiger partial charge in [0.05, 0.1) is 18.4 Å². The van der Waals surface area contributed by atoms with E-state index in [-0.39, 0.29) is 11.3 Å². The lowest BCUT2D eigenvalue weighted by Crippen LogP contribution is -2.32. The average Bonchev–Trinajstić information content (AvgIpc) is 2.99. The number of anilines is 2. The number of benzene rings is 3. The van der Waals surface area contributed by atoms with Crippen molar-refractivity contribution < 1.29 is 18.7 Å². The van der Waals surface area contributed by atoms with Crippen LogP contribution < -0.4 is 15.0 Å². The quantitative estimate of drug-likeness (QED) is 0.665. The van der Waals surface area contributed by atoms with E-state index in [2.05, 4.69) is 5.32 Å². The average molecular weight is 388 g/mol. The van der Waals surface area contributed by atoms with Gasteiger partial charge in [-0.2, -0.15) is 0 Å². The smallest absolute Gasteiger partial charge is 0.282 e. The molecule has 2 amide bonds. The lowest BCUT2D eigenvalue weighted by Gasteiger charge is -2.15. The second-order valence-electron chi connectivity index (χ2n) is 6.39. The molecule has 0 bridgehead atoms. The van der Waals surface area contributed by atoms with Crippen LogP contribution in [-0.2, 0) is 9.59 Å². The van der Waals surface area contributed by atoms with E-state index < -0.39 is 17.6 Å². The summed E-state index contributed by atoms with van der Waals surface area (Å²) in [6.07, 6.45) is 0. The molecular weight excluding hydrogens is 371 g/mol. The highest BCUT2D eigenvalue weighted by molar-refractivity contribution is 6.46. The van der Waals surface area contributed by atoms with Gasteiger partial charge in [-0.3, -0.25) is 9.59 Å². The minimum absolute atomic E-state index is 0.163. The summed E-state index contributed by atoms with van der Waals surface area (Å²) >= 11 is 0. The first-order valence-corrected chi connectivity index (χ1v) is 8.93. The molecule has 0 spiro atoms. The Morgan fingerprint density at radius 3 is 2.10 bits per heavy atom. The third-order valence-corrected chi connectivity index (χ3v) is 4.59. The highest BCUT2D eigenvalue weighted by Crippen LogP contribution is 2.33. The van der Waals surface area contributed by atoms with E-state index in [1.54, 1.807) is 55.6 Å². The number of carbonyl (C=O) groups excluding carboxylic acids is 2. The van der Waals surface area contributed by atoms with E-state index in [4.69, 9.17) is 4.74 Å². The van der Waals surface area contributed by atoms with Gasteiger partial charge in [0.15, 0.2) is 0 Å². The van der Waals surface area contributed by atoms with Crippen LogP contribution in [0, 0.1) is 5.82 Å². The molecule has 3 aromatic carbocycles. The minimum atomic E-state index is -0.503. The highest BCUT2D eigenvalue weighted by atomic mass is 19.1. The summed E-state index contributed by atoms with van der Waals surface area (Å²) in [5, 5.41) is 3.07. The molecule has 0 atom stereocenters. The normalized spacial score (nSPS) is 13.8. The number of methoxy groups -OCH3 is 1. The summed E-state index contributed by atoms with van der Waals surface area (Å²) in [4.78, 5) is 27.4. The Bertz CT molecular complexity index is 1090. The van der Waals surface area contributed by atoms with Crippen LogP contribution >= 0.6 is 0 Å². The fraction of sp³-hybridized carbons (Fsp3) is 0.0435. The molecule has 0 aliphatic carbocycles. The minimum Gasteiger partial charge on any atom is -0.497 e. The highest BCUT2D eigenvalue weighted by Gasteiger charge is 2.40. The van der Waals surface area contributed by atoms with E-state index in [0.29, 0.717) is 22.7 Å². The molecule has 0 radical (unpaired) electrons. The number of amides is 2. The number of imide groups is 1. The largest absolute Gasteiger partial charge is 0.497 e. The molecule has 1 N–H and O–H groups in total. The summed E-state index contributed by atoms with van der Waals surface area (Å²) < 4.78 is 18.5. The molecule has 0 aromatic heterocycles. The van der Waals surface area contributed by atoms with Gasteiger partial charge in [0.25, 0.3) is 11.8 Å². The van der Waals surface area contributed by atoms with Gasteiger partial charge < -0.3 is 10.1 Å². The zero-order valence-corrected chi connectivity index (χ0v) is 15.6.